The van der Waals surface area contributed by atoms with Gasteiger partial charge in [0.2, 0.25) is 0 Å². The van der Waals surface area contributed by atoms with Gasteiger partial charge < -0.3 is 5.84 Å². The standard InChI is InChI=1S/C9H8N6/c10-15-9-7(12-14-15)4-3-6-2-1-5-11-13-8(6)9/h1-5,13H,10H2. The molecule has 6 heteroatoms. The Morgan fingerprint density at radius 3 is 3.20 bits per heavy atom. The molecule has 0 saturated carbocycles. The molecule has 0 bridgehead atoms. The van der Waals surface area contributed by atoms with Crippen molar-refractivity contribution in [1.29, 1.82) is 0 Å². The minimum absolute atomic E-state index is 0.745. The predicted molar refractivity (Wildman–Crippen MR) is 58.8 cm³/mol. The molecule has 1 aromatic carbocycles. The molecule has 0 aliphatic carbocycles. The monoisotopic (exact) mass is 200 g/mol. The first-order valence-electron chi connectivity index (χ1n) is 4.45. The molecule has 0 amide bonds. The number of hydrogen-bond acceptors (Lipinski definition) is 5. The maximum absolute atomic E-state index is 5.68. The average Bonchev–Trinajstić information content (AvgIpc) is 2.51. The van der Waals surface area contributed by atoms with Gasteiger partial charge in [0.05, 0.1) is 5.69 Å². The molecule has 3 rings (SSSR count). The summed E-state index contributed by atoms with van der Waals surface area (Å²) in [5.74, 6) is 5.68. The van der Waals surface area contributed by atoms with E-state index >= 15 is 0 Å². The SMILES string of the molecule is Nn1nnc2ccc3c(c21)NN=CC=C3. The number of nitrogen functional groups attached to an aromatic ring is 1. The summed E-state index contributed by atoms with van der Waals surface area (Å²) in [7, 11) is 0. The van der Waals surface area contributed by atoms with E-state index < -0.39 is 0 Å². The Bertz CT molecular complexity index is 580. The number of hydrazone groups is 1. The van der Waals surface area contributed by atoms with Crippen LogP contribution in [0.2, 0.25) is 0 Å². The lowest BCUT2D eigenvalue weighted by molar-refractivity contribution is 0.787. The smallest absolute Gasteiger partial charge is 0.138 e. The van der Waals surface area contributed by atoms with E-state index in [1.165, 1.54) is 4.79 Å². The van der Waals surface area contributed by atoms with Crippen LogP contribution in [-0.2, 0) is 0 Å². The van der Waals surface area contributed by atoms with Gasteiger partial charge >= 0.3 is 0 Å². The Kier molecular flexibility index (Phi) is 1.49. The fourth-order valence-corrected chi connectivity index (χ4v) is 1.60. The van der Waals surface area contributed by atoms with Gasteiger partial charge in [0.15, 0.2) is 0 Å². The highest BCUT2D eigenvalue weighted by Crippen LogP contribution is 2.27. The first kappa shape index (κ1) is 7.98. The Labute approximate surface area is 85.0 Å². The summed E-state index contributed by atoms with van der Waals surface area (Å²) < 4.78 is 0. The van der Waals surface area contributed by atoms with E-state index in [0.29, 0.717) is 0 Å². The molecule has 3 N–H and O–H groups in total. The molecule has 2 heterocycles. The van der Waals surface area contributed by atoms with E-state index in [0.717, 1.165) is 22.3 Å². The van der Waals surface area contributed by atoms with Gasteiger partial charge in [-0.05, 0) is 17.4 Å². The van der Waals surface area contributed by atoms with Crippen molar-refractivity contribution in [2.24, 2.45) is 5.10 Å². The van der Waals surface area contributed by atoms with E-state index in [4.69, 9.17) is 5.84 Å². The average molecular weight is 200 g/mol. The normalized spacial score (nSPS) is 13.6. The Balaban J connectivity index is 2.41. The second-order valence-electron chi connectivity index (χ2n) is 3.18. The number of nitrogens with zero attached hydrogens (tertiary/aromatic N) is 4. The molecule has 74 valence electrons. The van der Waals surface area contributed by atoms with E-state index in [-0.39, 0.29) is 0 Å². The van der Waals surface area contributed by atoms with Crippen molar-refractivity contribution in [3.8, 4) is 0 Å². The number of anilines is 1. The summed E-state index contributed by atoms with van der Waals surface area (Å²) in [6.07, 6.45) is 5.48. The van der Waals surface area contributed by atoms with Crippen LogP contribution in [0.1, 0.15) is 5.56 Å². The molecular formula is C9H8N6. The Morgan fingerprint density at radius 2 is 2.27 bits per heavy atom. The van der Waals surface area contributed by atoms with Crippen LogP contribution in [0.4, 0.5) is 5.69 Å². The molecule has 15 heavy (non-hydrogen) atoms. The van der Waals surface area contributed by atoms with Gasteiger partial charge in [0, 0.05) is 11.8 Å². The highest BCUT2D eigenvalue weighted by Gasteiger charge is 2.11. The summed E-state index contributed by atoms with van der Waals surface area (Å²) in [5, 5.41) is 11.7. The van der Waals surface area contributed by atoms with Crippen LogP contribution in [-0.4, -0.2) is 21.3 Å². The summed E-state index contributed by atoms with van der Waals surface area (Å²) in [6.45, 7) is 0. The highest BCUT2D eigenvalue weighted by molar-refractivity contribution is 5.96. The zero-order valence-electron chi connectivity index (χ0n) is 7.75. The third-order valence-corrected chi connectivity index (χ3v) is 2.28. The van der Waals surface area contributed by atoms with Crippen LogP contribution < -0.4 is 11.3 Å². The maximum Gasteiger partial charge on any atom is 0.138 e. The largest absolute Gasteiger partial charge is 0.321 e. The van der Waals surface area contributed by atoms with Crippen molar-refractivity contribution in [1.82, 2.24) is 15.1 Å². The van der Waals surface area contributed by atoms with E-state index in [1.54, 1.807) is 6.21 Å². The molecule has 2 aromatic rings. The fourth-order valence-electron chi connectivity index (χ4n) is 1.60. The van der Waals surface area contributed by atoms with Crippen LogP contribution in [0, 0.1) is 0 Å². The van der Waals surface area contributed by atoms with Crippen LogP contribution in [0.5, 0.6) is 0 Å². The highest BCUT2D eigenvalue weighted by atomic mass is 15.6. The molecule has 1 aliphatic heterocycles. The second-order valence-corrected chi connectivity index (χ2v) is 3.18. The summed E-state index contributed by atoms with van der Waals surface area (Å²) in [4.78, 5) is 1.25. The molecule has 0 radical (unpaired) electrons. The molecule has 0 spiro atoms. The number of nitrogens with two attached hydrogens (primary N) is 1. The third-order valence-electron chi connectivity index (χ3n) is 2.28. The van der Waals surface area contributed by atoms with Crippen molar-refractivity contribution in [3.63, 3.8) is 0 Å². The van der Waals surface area contributed by atoms with Crippen LogP contribution in [0.15, 0.2) is 23.3 Å². The lowest BCUT2D eigenvalue weighted by Crippen LogP contribution is -2.11. The summed E-state index contributed by atoms with van der Waals surface area (Å²) >= 11 is 0. The van der Waals surface area contributed by atoms with Crippen molar-refractivity contribution >= 4 is 29.0 Å². The van der Waals surface area contributed by atoms with Crippen molar-refractivity contribution in [2.75, 3.05) is 11.3 Å². The van der Waals surface area contributed by atoms with Gasteiger partial charge in [-0.3, -0.25) is 5.43 Å². The molecule has 1 aromatic heterocycles. The van der Waals surface area contributed by atoms with E-state index in [1.807, 2.05) is 24.3 Å². The zero-order valence-corrected chi connectivity index (χ0v) is 7.75. The molecule has 0 fully saturated rings. The topological polar surface area (TPSA) is 81.1 Å². The van der Waals surface area contributed by atoms with Crippen LogP contribution in [0.25, 0.3) is 17.1 Å². The van der Waals surface area contributed by atoms with Gasteiger partial charge in [-0.15, -0.1) is 5.10 Å². The lowest BCUT2D eigenvalue weighted by atomic mass is 10.1. The molecule has 0 unspecified atom stereocenters. The molecule has 0 saturated heterocycles. The third kappa shape index (κ3) is 1.08. The Morgan fingerprint density at radius 1 is 1.33 bits per heavy atom. The van der Waals surface area contributed by atoms with Gasteiger partial charge in [0.1, 0.15) is 11.0 Å². The fraction of sp³-hybridized carbons (Fsp3) is 0. The minimum atomic E-state index is 0.745. The van der Waals surface area contributed by atoms with Gasteiger partial charge in [-0.25, -0.2) is 0 Å². The number of fused-ring (bicyclic) bond motifs is 3. The number of nitrogens with one attached hydrogen (secondary N) is 1. The van der Waals surface area contributed by atoms with Crippen molar-refractivity contribution in [2.45, 2.75) is 0 Å². The number of rotatable bonds is 0. The number of benzene rings is 1. The summed E-state index contributed by atoms with van der Waals surface area (Å²) in [5.41, 5.74) is 6.24. The Hall–Kier alpha value is -2.37. The molecule has 1 aliphatic rings. The first-order valence-corrected chi connectivity index (χ1v) is 4.45. The van der Waals surface area contributed by atoms with Crippen LogP contribution in [0.3, 0.4) is 0 Å². The van der Waals surface area contributed by atoms with Crippen molar-refractivity contribution < 1.29 is 0 Å². The minimum Gasteiger partial charge on any atom is -0.321 e. The molecule has 0 atom stereocenters. The van der Waals surface area contributed by atoms with E-state index in [9.17, 15) is 0 Å². The lowest BCUT2D eigenvalue weighted by Gasteiger charge is -2.05. The quantitative estimate of drug-likeness (QED) is 0.609. The van der Waals surface area contributed by atoms with Gasteiger partial charge in [0.25, 0.3) is 0 Å². The zero-order chi connectivity index (χ0) is 10.3. The van der Waals surface area contributed by atoms with Crippen LogP contribution >= 0.6 is 0 Å². The van der Waals surface area contributed by atoms with E-state index in [2.05, 4.69) is 20.8 Å². The predicted octanol–water partition coefficient (Wildman–Crippen LogP) is 0.570. The molecular weight excluding hydrogens is 192 g/mol. The van der Waals surface area contributed by atoms with Crippen molar-refractivity contribution in [3.05, 3.63) is 23.8 Å². The number of allylic oxidation sites excluding steroid dienone is 1. The van der Waals surface area contributed by atoms with Gasteiger partial charge in [-0.2, -0.15) is 9.89 Å². The second kappa shape index (κ2) is 2.81. The number of aromatic nitrogens is 3. The maximum atomic E-state index is 5.68. The molecule has 6 nitrogen and oxygen atoms in total. The first-order chi connectivity index (χ1) is 7.36. The number of hydrogen-bond donors (Lipinski definition) is 2. The van der Waals surface area contributed by atoms with Gasteiger partial charge in [-0.1, -0.05) is 12.1 Å². The summed E-state index contributed by atoms with van der Waals surface area (Å²) in [6, 6.07) is 3.83.